The number of carbonyl (C=O) groups excluding carboxylic acids is 1. The molecule has 1 aromatic heterocycles. The summed E-state index contributed by atoms with van der Waals surface area (Å²) in [5.74, 6) is 0.287. The zero-order valence-corrected chi connectivity index (χ0v) is 17.6. The Morgan fingerprint density at radius 1 is 1.10 bits per heavy atom. The molecule has 0 saturated carbocycles. The first-order chi connectivity index (χ1) is 14.5. The standard InChI is InChI=1S/C21H24N6O2S/c1-15(28)27-10-8-16(20-18(27)6-4-9-22-20)23-24-21(30)26-13-11-25(12-14-26)17-5-2-3-7-19(17)29/h2-7,9,29H,8,10-14H2,1H3,(H,24,30)/b23-16-. The normalized spacial score (nSPS) is 17.6. The number of rotatable bonds is 2. The number of hydrogen-bond donors (Lipinski definition) is 2. The lowest BCUT2D eigenvalue weighted by Crippen LogP contribution is -2.51. The number of hydrazone groups is 1. The largest absolute Gasteiger partial charge is 0.506 e. The number of piperazine rings is 1. The van der Waals surface area contributed by atoms with Crippen molar-refractivity contribution in [1.82, 2.24) is 15.3 Å². The van der Waals surface area contributed by atoms with E-state index in [0.717, 1.165) is 43.3 Å². The molecule has 1 aromatic carbocycles. The summed E-state index contributed by atoms with van der Waals surface area (Å²) in [4.78, 5) is 22.3. The van der Waals surface area contributed by atoms with Gasteiger partial charge in [-0.05, 0) is 36.5 Å². The molecule has 0 bridgehead atoms. The van der Waals surface area contributed by atoms with E-state index in [1.165, 1.54) is 0 Å². The monoisotopic (exact) mass is 424 g/mol. The summed E-state index contributed by atoms with van der Waals surface area (Å²) < 4.78 is 0. The van der Waals surface area contributed by atoms with Crippen LogP contribution in [0.5, 0.6) is 5.75 Å². The highest BCUT2D eigenvalue weighted by Gasteiger charge is 2.26. The first kappa shape index (κ1) is 20.1. The Bertz CT molecular complexity index is 987. The van der Waals surface area contributed by atoms with Gasteiger partial charge in [0.2, 0.25) is 5.91 Å². The number of anilines is 2. The van der Waals surface area contributed by atoms with E-state index in [-0.39, 0.29) is 5.91 Å². The molecule has 1 saturated heterocycles. The van der Waals surface area contributed by atoms with Crippen molar-refractivity contribution in [2.24, 2.45) is 5.10 Å². The van der Waals surface area contributed by atoms with Gasteiger partial charge in [0.1, 0.15) is 11.4 Å². The Hall–Kier alpha value is -3.20. The van der Waals surface area contributed by atoms with E-state index >= 15 is 0 Å². The molecule has 8 nitrogen and oxygen atoms in total. The Labute approximate surface area is 180 Å². The number of para-hydroxylation sites is 2. The minimum absolute atomic E-state index is 0.00546. The highest BCUT2D eigenvalue weighted by molar-refractivity contribution is 7.80. The second-order valence-electron chi connectivity index (χ2n) is 7.23. The van der Waals surface area contributed by atoms with Crippen molar-refractivity contribution >= 4 is 40.3 Å². The van der Waals surface area contributed by atoms with Gasteiger partial charge in [-0.25, -0.2) is 0 Å². The highest BCUT2D eigenvalue weighted by atomic mass is 32.1. The summed E-state index contributed by atoms with van der Waals surface area (Å²) in [5.41, 5.74) is 6.12. The molecule has 2 aliphatic heterocycles. The SMILES string of the molecule is CC(=O)N1CC/C(=N/NC(=S)N2CCN(c3ccccc3O)CC2)c2ncccc21. The first-order valence-corrected chi connectivity index (χ1v) is 10.3. The van der Waals surface area contributed by atoms with E-state index in [9.17, 15) is 9.90 Å². The molecule has 0 unspecified atom stereocenters. The van der Waals surface area contributed by atoms with Gasteiger partial charge in [-0.15, -0.1) is 0 Å². The number of amides is 1. The van der Waals surface area contributed by atoms with Gasteiger partial charge in [0.15, 0.2) is 5.11 Å². The van der Waals surface area contributed by atoms with Gasteiger partial charge in [0, 0.05) is 52.3 Å². The van der Waals surface area contributed by atoms with Gasteiger partial charge < -0.3 is 19.8 Å². The predicted molar refractivity (Wildman–Crippen MR) is 121 cm³/mol. The van der Waals surface area contributed by atoms with Gasteiger partial charge in [-0.1, -0.05) is 12.1 Å². The number of aromatic hydroxyl groups is 1. The Balaban J connectivity index is 1.39. The van der Waals surface area contributed by atoms with Crippen LogP contribution < -0.4 is 15.2 Å². The third kappa shape index (κ3) is 4.06. The van der Waals surface area contributed by atoms with Crippen LogP contribution in [0.15, 0.2) is 47.7 Å². The van der Waals surface area contributed by atoms with Crippen LogP contribution in [0, 0.1) is 0 Å². The van der Waals surface area contributed by atoms with E-state index in [2.05, 4.69) is 25.3 Å². The van der Waals surface area contributed by atoms with Crippen molar-refractivity contribution in [1.29, 1.82) is 0 Å². The van der Waals surface area contributed by atoms with E-state index in [0.29, 0.717) is 29.5 Å². The number of pyridine rings is 1. The van der Waals surface area contributed by atoms with Crippen molar-refractivity contribution in [3.8, 4) is 5.75 Å². The topological polar surface area (TPSA) is 84.3 Å². The predicted octanol–water partition coefficient (Wildman–Crippen LogP) is 1.94. The van der Waals surface area contributed by atoms with Crippen molar-refractivity contribution in [2.45, 2.75) is 13.3 Å². The fourth-order valence-electron chi connectivity index (χ4n) is 3.80. The fourth-order valence-corrected chi connectivity index (χ4v) is 4.03. The number of nitrogens with zero attached hydrogens (tertiary/aromatic N) is 5. The zero-order chi connectivity index (χ0) is 21.1. The summed E-state index contributed by atoms with van der Waals surface area (Å²) in [7, 11) is 0. The minimum Gasteiger partial charge on any atom is -0.506 e. The van der Waals surface area contributed by atoms with Crippen LogP contribution in [0.1, 0.15) is 19.0 Å². The number of aromatic nitrogens is 1. The molecule has 1 fully saturated rings. The van der Waals surface area contributed by atoms with Crippen LogP contribution in [0.25, 0.3) is 0 Å². The fraction of sp³-hybridized carbons (Fsp3) is 0.333. The molecule has 156 valence electrons. The van der Waals surface area contributed by atoms with Crippen LogP contribution in [0.3, 0.4) is 0 Å². The number of benzene rings is 1. The van der Waals surface area contributed by atoms with E-state index in [1.54, 1.807) is 24.1 Å². The number of phenols is 1. The second-order valence-corrected chi connectivity index (χ2v) is 7.62. The van der Waals surface area contributed by atoms with Crippen molar-refractivity contribution in [3.05, 3.63) is 48.3 Å². The third-order valence-electron chi connectivity index (χ3n) is 5.38. The number of thiocarbonyl (C=S) groups is 1. The Morgan fingerprint density at radius 3 is 2.57 bits per heavy atom. The number of nitrogens with one attached hydrogen (secondary N) is 1. The summed E-state index contributed by atoms with van der Waals surface area (Å²) >= 11 is 5.54. The Kier molecular flexibility index (Phi) is 5.80. The summed E-state index contributed by atoms with van der Waals surface area (Å²) in [6.45, 7) is 5.11. The number of fused-ring (bicyclic) bond motifs is 1. The molecule has 2 aromatic rings. The van der Waals surface area contributed by atoms with E-state index in [1.807, 2.05) is 30.3 Å². The lowest BCUT2D eigenvalue weighted by atomic mass is 10.1. The first-order valence-electron chi connectivity index (χ1n) is 9.92. The average Bonchev–Trinajstić information content (AvgIpc) is 2.77. The number of carbonyl (C=O) groups is 1. The summed E-state index contributed by atoms with van der Waals surface area (Å²) in [6, 6.07) is 11.1. The molecule has 0 atom stereocenters. The van der Waals surface area contributed by atoms with Crippen LogP contribution in [-0.2, 0) is 4.79 Å². The van der Waals surface area contributed by atoms with E-state index in [4.69, 9.17) is 12.2 Å². The summed E-state index contributed by atoms with van der Waals surface area (Å²) in [5, 5.41) is 15.1. The zero-order valence-electron chi connectivity index (χ0n) is 16.8. The molecule has 2 aliphatic rings. The molecule has 30 heavy (non-hydrogen) atoms. The highest BCUT2D eigenvalue weighted by Crippen LogP contribution is 2.27. The average molecular weight is 425 g/mol. The van der Waals surface area contributed by atoms with E-state index < -0.39 is 0 Å². The van der Waals surface area contributed by atoms with Gasteiger partial charge in [-0.3, -0.25) is 15.2 Å². The van der Waals surface area contributed by atoms with Gasteiger partial charge >= 0.3 is 0 Å². The van der Waals surface area contributed by atoms with Crippen LogP contribution >= 0.6 is 12.2 Å². The van der Waals surface area contributed by atoms with Crippen molar-refractivity contribution < 1.29 is 9.90 Å². The molecule has 4 rings (SSSR count). The van der Waals surface area contributed by atoms with Crippen LogP contribution in [0.4, 0.5) is 11.4 Å². The maximum Gasteiger partial charge on any atom is 0.223 e. The maximum atomic E-state index is 11.9. The third-order valence-corrected chi connectivity index (χ3v) is 5.73. The molecule has 9 heteroatoms. The molecule has 1 amide bonds. The van der Waals surface area contributed by atoms with Crippen LogP contribution in [-0.4, -0.2) is 64.4 Å². The van der Waals surface area contributed by atoms with Gasteiger partial charge in [0.25, 0.3) is 0 Å². The molecule has 2 N–H and O–H groups in total. The van der Waals surface area contributed by atoms with Crippen molar-refractivity contribution in [2.75, 3.05) is 42.5 Å². The molecular weight excluding hydrogens is 400 g/mol. The number of phenolic OH excluding ortho intramolecular Hbond substituents is 1. The molecule has 0 spiro atoms. The molecule has 0 aliphatic carbocycles. The Morgan fingerprint density at radius 2 is 1.83 bits per heavy atom. The molecule has 0 radical (unpaired) electrons. The van der Waals surface area contributed by atoms with Gasteiger partial charge in [-0.2, -0.15) is 5.10 Å². The number of hydrogen-bond acceptors (Lipinski definition) is 6. The summed E-state index contributed by atoms with van der Waals surface area (Å²) in [6.07, 6.45) is 2.31. The second kappa shape index (κ2) is 8.66. The minimum atomic E-state index is -0.00546. The molecular formula is C21H24N6O2S. The lowest BCUT2D eigenvalue weighted by molar-refractivity contribution is -0.116. The maximum absolute atomic E-state index is 11.9. The van der Waals surface area contributed by atoms with Crippen molar-refractivity contribution in [3.63, 3.8) is 0 Å². The quantitative estimate of drug-likeness (QED) is 0.563. The van der Waals surface area contributed by atoms with Crippen LogP contribution in [0.2, 0.25) is 0 Å². The van der Waals surface area contributed by atoms with Gasteiger partial charge in [0.05, 0.1) is 17.1 Å². The lowest BCUT2D eigenvalue weighted by Gasteiger charge is -2.37. The molecule has 3 heterocycles. The smallest absolute Gasteiger partial charge is 0.223 e.